The molecule has 1 rings (SSSR count). The lowest BCUT2D eigenvalue weighted by atomic mass is 9.51. The van der Waals surface area contributed by atoms with Crippen molar-refractivity contribution in [3.05, 3.63) is 0 Å². The van der Waals surface area contributed by atoms with E-state index in [4.69, 9.17) is 0 Å². The predicted octanol–water partition coefficient (Wildman–Crippen LogP) is 1.25. The largest absolute Gasteiger partial charge is 0.461 e. The van der Waals surface area contributed by atoms with Crippen LogP contribution in [0.4, 0.5) is 0 Å². The van der Waals surface area contributed by atoms with E-state index in [1.807, 2.05) is 0 Å². The van der Waals surface area contributed by atoms with Crippen LogP contribution in [0.25, 0.3) is 0 Å². The first-order valence-electron chi connectivity index (χ1n) is 4.18. The Morgan fingerprint density at radius 2 is 1.50 bits per heavy atom. The molecule has 1 aliphatic heterocycles. The third kappa shape index (κ3) is 0.753. The van der Waals surface area contributed by atoms with Gasteiger partial charge >= 0.3 is 6.42 Å². The van der Waals surface area contributed by atoms with Gasteiger partial charge in [-0.05, 0) is 0 Å². The van der Waals surface area contributed by atoms with Crippen molar-refractivity contribution in [3.63, 3.8) is 0 Å². The molecule has 1 atom stereocenters. The molecule has 58 valence electrons. The van der Waals surface area contributed by atoms with Gasteiger partial charge in [-0.25, -0.2) is 0 Å². The van der Waals surface area contributed by atoms with E-state index in [0.29, 0.717) is 6.85 Å². The summed E-state index contributed by atoms with van der Waals surface area (Å²) in [5, 5.41) is 0. The zero-order valence-electron chi connectivity index (χ0n) is 8.05. The molecule has 0 aromatic carbocycles. The van der Waals surface area contributed by atoms with Gasteiger partial charge in [0.05, 0.1) is 0 Å². The smallest absolute Gasteiger partial charge is 0.315 e. The highest BCUT2D eigenvalue weighted by atomic mass is 15.8. The third-order valence-electron chi connectivity index (χ3n) is 3.26. The molecule has 2 nitrogen and oxygen atoms in total. The standard InChI is InChI=1S/C6H18B2N2/c1-7(2)9-8(3,4)10(9,5)6/h1-6H3. The third-order valence-corrected chi connectivity index (χ3v) is 3.26. The van der Waals surface area contributed by atoms with Gasteiger partial charge in [-0.15, -0.1) is 13.6 Å². The fourth-order valence-electron chi connectivity index (χ4n) is 2.32. The van der Waals surface area contributed by atoms with Crippen LogP contribution in [-0.2, 0) is 0 Å². The van der Waals surface area contributed by atoms with Crippen LogP contribution in [0.3, 0.4) is 0 Å². The second-order valence-electron chi connectivity index (χ2n) is 4.68. The molecule has 0 N–H and O–H groups in total. The van der Waals surface area contributed by atoms with E-state index in [-0.39, 0.29) is 6.42 Å². The van der Waals surface area contributed by atoms with E-state index in [9.17, 15) is 0 Å². The van der Waals surface area contributed by atoms with Crippen molar-refractivity contribution < 1.29 is 4.50 Å². The maximum atomic E-state index is 2.54. The Morgan fingerprint density at radius 3 is 1.50 bits per heavy atom. The van der Waals surface area contributed by atoms with Crippen molar-refractivity contribution in [2.75, 3.05) is 14.1 Å². The lowest BCUT2D eigenvalue weighted by Gasteiger charge is -2.21. The maximum absolute atomic E-state index is 2.54. The van der Waals surface area contributed by atoms with Crippen molar-refractivity contribution in [2.45, 2.75) is 27.3 Å². The first-order valence-corrected chi connectivity index (χ1v) is 4.18. The Kier molecular flexibility index (Phi) is 1.47. The van der Waals surface area contributed by atoms with Gasteiger partial charge in [0, 0.05) is 14.1 Å². The Labute approximate surface area is 64.8 Å². The molecule has 0 radical (unpaired) electrons. The summed E-state index contributed by atoms with van der Waals surface area (Å²) < 4.78 is 1.09. The average molecular weight is 140 g/mol. The minimum atomic E-state index is -0.259. The molecule has 0 saturated carbocycles. The minimum absolute atomic E-state index is 0.259. The molecule has 0 bridgehead atoms. The summed E-state index contributed by atoms with van der Waals surface area (Å²) in [5.74, 6) is 0. The van der Waals surface area contributed by atoms with E-state index < -0.39 is 0 Å². The lowest BCUT2D eigenvalue weighted by molar-refractivity contribution is -0.777. The fraction of sp³-hybridized carbons (Fsp3) is 1.00. The van der Waals surface area contributed by atoms with Gasteiger partial charge in [-0.3, -0.25) is 0 Å². The van der Waals surface area contributed by atoms with Crippen LogP contribution in [0.1, 0.15) is 0 Å². The summed E-state index contributed by atoms with van der Waals surface area (Å²) in [6, 6.07) is 0. The second-order valence-corrected chi connectivity index (χ2v) is 4.68. The first-order chi connectivity index (χ1) is 4.32. The Hall–Kier alpha value is 0.0499. The normalized spacial score (nSPS) is 33.6. The fourth-order valence-corrected chi connectivity index (χ4v) is 2.32. The molecule has 0 amide bonds. The Bertz CT molecular complexity index is 140. The summed E-state index contributed by atoms with van der Waals surface area (Å²) >= 11 is 0. The Balaban J connectivity index is 2.72. The van der Waals surface area contributed by atoms with Gasteiger partial charge in [-0.2, -0.15) is 0 Å². The van der Waals surface area contributed by atoms with E-state index in [0.717, 1.165) is 4.50 Å². The predicted molar refractivity (Wildman–Crippen MR) is 48.9 cm³/mol. The highest BCUT2D eigenvalue weighted by molar-refractivity contribution is 6.83. The minimum Gasteiger partial charge on any atom is -0.461 e. The van der Waals surface area contributed by atoms with E-state index in [1.54, 1.807) is 0 Å². The molecular weight excluding hydrogens is 122 g/mol. The van der Waals surface area contributed by atoms with Crippen molar-refractivity contribution >= 4 is 13.3 Å². The summed E-state index contributed by atoms with van der Waals surface area (Å²) in [4.78, 5) is 2.54. The quantitative estimate of drug-likeness (QED) is 0.391. The monoisotopic (exact) mass is 140 g/mol. The molecule has 0 aliphatic carbocycles. The SMILES string of the molecule is CB(C)N1[B-](C)(C)[N+]1(C)C. The molecule has 4 heteroatoms. The summed E-state index contributed by atoms with van der Waals surface area (Å²) in [6.07, 6.45) is -0.259. The summed E-state index contributed by atoms with van der Waals surface area (Å²) in [6.45, 7) is 9.90. The van der Waals surface area contributed by atoms with Crippen molar-refractivity contribution in [1.29, 1.82) is 0 Å². The molecular formula is C6H18B2N2. The number of hydrogen-bond donors (Lipinski definition) is 0. The number of nitrogens with zero attached hydrogens (tertiary/aromatic N) is 2. The Morgan fingerprint density at radius 1 is 1.20 bits per heavy atom. The number of hydrogen-bond acceptors (Lipinski definition) is 1. The molecule has 0 aromatic heterocycles. The molecule has 1 fully saturated rings. The van der Waals surface area contributed by atoms with Gasteiger partial charge in [0.15, 0.2) is 0 Å². The van der Waals surface area contributed by atoms with Crippen molar-refractivity contribution in [1.82, 2.24) is 4.83 Å². The van der Waals surface area contributed by atoms with E-state index >= 15 is 0 Å². The first kappa shape index (κ1) is 8.15. The molecule has 10 heavy (non-hydrogen) atoms. The maximum Gasteiger partial charge on any atom is 0.315 e. The van der Waals surface area contributed by atoms with Crippen LogP contribution in [0.2, 0.25) is 27.3 Å². The van der Waals surface area contributed by atoms with Crippen LogP contribution in [0.15, 0.2) is 0 Å². The molecule has 1 aliphatic rings. The summed E-state index contributed by atoms with van der Waals surface area (Å²) in [5.41, 5.74) is 0. The molecule has 0 aromatic rings. The van der Waals surface area contributed by atoms with Gasteiger partial charge in [0.25, 0.3) is 0 Å². The highest BCUT2D eigenvalue weighted by Gasteiger charge is 2.60. The van der Waals surface area contributed by atoms with Crippen molar-refractivity contribution in [3.8, 4) is 0 Å². The number of quaternary nitrogens is 1. The lowest BCUT2D eigenvalue weighted by Crippen LogP contribution is -2.28. The topological polar surface area (TPSA) is 3.01 Å². The molecule has 0 spiro atoms. The molecule has 1 heterocycles. The van der Waals surface area contributed by atoms with Crippen LogP contribution < -0.4 is 0 Å². The zero-order chi connectivity index (χ0) is 8.15. The van der Waals surface area contributed by atoms with Crippen LogP contribution in [0.5, 0.6) is 0 Å². The van der Waals surface area contributed by atoms with Gasteiger partial charge in [0.2, 0.25) is 6.85 Å². The van der Waals surface area contributed by atoms with Crippen molar-refractivity contribution in [2.24, 2.45) is 0 Å². The summed E-state index contributed by atoms with van der Waals surface area (Å²) in [7, 11) is 4.56. The van der Waals surface area contributed by atoms with Gasteiger partial charge in [0.1, 0.15) is 0 Å². The molecule has 1 saturated heterocycles. The second kappa shape index (κ2) is 1.80. The zero-order valence-corrected chi connectivity index (χ0v) is 8.05. The van der Waals surface area contributed by atoms with Gasteiger partial charge in [-0.1, -0.05) is 13.6 Å². The van der Waals surface area contributed by atoms with E-state index in [2.05, 4.69) is 46.2 Å². The van der Waals surface area contributed by atoms with Crippen LogP contribution in [0, 0.1) is 0 Å². The van der Waals surface area contributed by atoms with E-state index in [1.165, 1.54) is 0 Å². The highest BCUT2D eigenvalue weighted by Crippen LogP contribution is 2.40. The molecule has 1 unspecified atom stereocenters. The van der Waals surface area contributed by atoms with Crippen LogP contribution in [-0.4, -0.2) is 36.7 Å². The number of rotatable bonds is 1. The average Bonchev–Trinajstić information content (AvgIpc) is 1.97. The van der Waals surface area contributed by atoms with Crippen LogP contribution >= 0.6 is 0 Å². The van der Waals surface area contributed by atoms with Gasteiger partial charge < -0.3 is 9.33 Å².